The molecule has 7 nitrogen and oxygen atoms in total. The van der Waals surface area contributed by atoms with E-state index in [-0.39, 0.29) is 17.6 Å². The predicted octanol–water partition coefficient (Wildman–Crippen LogP) is 0.901. The lowest BCUT2D eigenvalue weighted by molar-refractivity contribution is -0.123. The second-order valence-corrected chi connectivity index (χ2v) is 6.37. The second-order valence-electron chi connectivity index (χ2n) is 6.37. The Hall–Kier alpha value is -2.54. The van der Waals surface area contributed by atoms with E-state index in [1.807, 2.05) is 30.3 Å². The predicted molar refractivity (Wildman–Crippen MR) is 92.9 cm³/mol. The molecule has 1 aliphatic rings. The highest BCUT2D eigenvalue weighted by atomic mass is 16.2. The van der Waals surface area contributed by atoms with Gasteiger partial charge in [-0.2, -0.15) is 0 Å². The second kappa shape index (κ2) is 8.02. The molecule has 2 aromatic rings. The summed E-state index contributed by atoms with van der Waals surface area (Å²) >= 11 is 0. The fourth-order valence-corrected chi connectivity index (χ4v) is 3.17. The summed E-state index contributed by atoms with van der Waals surface area (Å²) in [6.45, 7) is 2.07. The van der Waals surface area contributed by atoms with Gasteiger partial charge >= 0.3 is 0 Å². The molecule has 3 rings (SSSR count). The molecule has 0 spiro atoms. The summed E-state index contributed by atoms with van der Waals surface area (Å²) in [6.07, 6.45) is 3.69. The topological polar surface area (TPSA) is 94.1 Å². The number of carbonyl (C=O) groups excluding carboxylic acids is 2. The van der Waals surface area contributed by atoms with Crippen LogP contribution < -0.4 is 5.73 Å². The Morgan fingerprint density at radius 3 is 2.80 bits per heavy atom. The fourth-order valence-electron chi connectivity index (χ4n) is 3.17. The SMILES string of the molecule is NCCn1cc(C(=O)N2CCC[C@@H](C(=O)Cc3ccccc3)C2)nn1. The highest BCUT2D eigenvalue weighted by molar-refractivity contribution is 5.92. The van der Waals surface area contributed by atoms with Crippen LogP contribution in [0.4, 0.5) is 0 Å². The minimum Gasteiger partial charge on any atom is -0.336 e. The van der Waals surface area contributed by atoms with Crippen LogP contribution in [0.2, 0.25) is 0 Å². The molecule has 1 amide bonds. The quantitative estimate of drug-likeness (QED) is 0.842. The van der Waals surface area contributed by atoms with Crippen molar-refractivity contribution in [2.24, 2.45) is 11.7 Å². The number of likely N-dealkylation sites (tertiary alicyclic amines) is 1. The summed E-state index contributed by atoms with van der Waals surface area (Å²) < 4.78 is 1.56. The molecule has 1 saturated heterocycles. The van der Waals surface area contributed by atoms with E-state index in [2.05, 4.69) is 10.3 Å². The molecule has 2 N–H and O–H groups in total. The van der Waals surface area contributed by atoms with Gasteiger partial charge in [-0.3, -0.25) is 14.3 Å². The van der Waals surface area contributed by atoms with Crippen molar-refractivity contribution in [1.82, 2.24) is 19.9 Å². The summed E-state index contributed by atoms with van der Waals surface area (Å²) in [7, 11) is 0. The van der Waals surface area contributed by atoms with Crippen LogP contribution in [-0.2, 0) is 17.8 Å². The van der Waals surface area contributed by atoms with Crippen LogP contribution in [0, 0.1) is 5.92 Å². The third-order valence-electron chi connectivity index (χ3n) is 4.50. The normalized spacial score (nSPS) is 17.5. The van der Waals surface area contributed by atoms with Gasteiger partial charge in [-0.05, 0) is 18.4 Å². The van der Waals surface area contributed by atoms with E-state index in [9.17, 15) is 9.59 Å². The lowest BCUT2D eigenvalue weighted by Gasteiger charge is -2.31. The first-order valence-electron chi connectivity index (χ1n) is 8.63. The molecule has 25 heavy (non-hydrogen) atoms. The third-order valence-corrected chi connectivity index (χ3v) is 4.50. The fraction of sp³-hybridized carbons (Fsp3) is 0.444. The van der Waals surface area contributed by atoms with Gasteiger partial charge in [-0.25, -0.2) is 0 Å². The molecule has 0 saturated carbocycles. The Morgan fingerprint density at radius 2 is 2.04 bits per heavy atom. The number of ketones is 1. The van der Waals surface area contributed by atoms with Crippen molar-refractivity contribution in [3.63, 3.8) is 0 Å². The van der Waals surface area contributed by atoms with E-state index < -0.39 is 0 Å². The zero-order valence-electron chi connectivity index (χ0n) is 14.2. The number of hydrogen-bond donors (Lipinski definition) is 1. The van der Waals surface area contributed by atoms with Gasteiger partial charge in [-0.1, -0.05) is 35.5 Å². The minimum absolute atomic E-state index is 0.114. The number of nitrogens with zero attached hydrogens (tertiary/aromatic N) is 4. The van der Waals surface area contributed by atoms with E-state index in [0.29, 0.717) is 38.3 Å². The number of nitrogens with two attached hydrogens (primary N) is 1. The van der Waals surface area contributed by atoms with Crippen LogP contribution in [0.3, 0.4) is 0 Å². The molecule has 1 fully saturated rings. The lowest BCUT2D eigenvalue weighted by Crippen LogP contribution is -2.42. The zero-order chi connectivity index (χ0) is 17.6. The summed E-state index contributed by atoms with van der Waals surface area (Å²) in [5.41, 5.74) is 6.81. The molecule has 132 valence electrons. The van der Waals surface area contributed by atoms with Gasteiger partial charge in [0.05, 0.1) is 12.7 Å². The van der Waals surface area contributed by atoms with Gasteiger partial charge in [-0.15, -0.1) is 5.10 Å². The number of hydrogen-bond acceptors (Lipinski definition) is 5. The smallest absolute Gasteiger partial charge is 0.276 e. The van der Waals surface area contributed by atoms with E-state index in [0.717, 1.165) is 18.4 Å². The molecule has 0 aliphatic carbocycles. The Kier molecular flexibility index (Phi) is 5.55. The van der Waals surface area contributed by atoms with Crippen LogP contribution in [0.25, 0.3) is 0 Å². The largest absolute Gasteiger partial charge is 0.336 e. The Labute approximate surface area is 146 Å². The molecule has 1 aromatic heterocycles. The van der Waals surface area contributed by atoms with Crippen LogP contribution in [0.15, 0.2) is 36.5 Å². The molecule has 2 heterocycles. The number of Topliss-reactive ketones (excluding diaryl/α,β-unsaturated/α-hetero) is 1. The number of benzene rings is 1. The van der Waals surface area contributed by atoms with Gasteiger partial charge in [0.15, 0.2) is 5.69 Å². The highest BCUT2D eigenvalue weighted by Crippen LogP contribution is 2.20. The standard InChI is InChI=1S/C18H23N5O2/c19-8-10-23-13-16(20-21-23)18(25)22-9-4-7-15(12-22)17(24)11-14-5-2-1-3-6-14/h1-3,5-6,13,15H,4,7-12,19H2/t15-/m1/s1. The van der Waals surface area contributed by atoms with Crippen molar-refractivity contribution in [2.75, 3.05) is 19.6 Å². The third kappa shape index (κ3) is 4.30. The molecule has 7 heteroatoms. The number of aromatic nitrogens is 3. The first-order chi connectivity index (χ1) is 12.2. The first-order valence-corrected chi connectivity index (χ1v) is 8.63. The number of rotatable bonds is 6. The number of piperidine rings is 1. The van der Waals surface area contributed by atoms with E-state index in [4.69, 9.17) is 5.73 Å². The van der Waals surface area contributed by atoms with Crippen molar-refractivity contribution in [3.8, 4) is 0 Å². The molecule has 0 unspecified atom stereocenters. The van der Waals surface area contributed by atoms with Gasteiger partial charge in [0.2, 0.25) is 0 Å². The Morgan fingerprint density at radius 1 is 1.24 bits per heavy atom. The van der Waals surface area contributed by atoms with Crippen molar-refractivity contribution in [3.05, 3.63) is 47.8 Å². The average molecular weight is 341 g/mol. The first kappa shape index (κ1) is 17.3. The number of carbonyl (C=O) groups is 2. The molecule has 1 atom stereocenters. The van der Waals surface area contributed by atoms with Crippen molar-refractivity contribution < 1.29 is 9.59 Å². The molecule has 1 aromatic carbocycles. The van der Waals surface area contributed by atoms with Crippen molar-refractivity contribution in [1.29, 1.82) is 0 Å². The van der Waals surface area contributed by atoms with Crippen LogP contribution in [-0.4, -0.2) is 51.2 Å². The van der Waals surface area contributed by atoms with Crippen LogP contribution in [0.1, 0.15) is 28.9 Å². The summed E-state index contributed by atoms with van der Waals surface area (Å²) in [4.78, 5) is 26.9. The Balaban J connectivity index is 1.61. The number of amides is 1. The van der Waals surface area contributed by atoms with Gasteiger partial charge in [0, 0.05) is 32.0 Å². The zero-order valence-corrected chi connectivity index (χ0v) is 14.2. The molecule has 1 aliphatic heterocycles. The van der Waals surface area contributed by atoms with Gasteiger partial charge < -0.3 is 10.6 Å². The van der Waals surface area contributed by atoms with E-state index >= 15 is 0 Å². The summed E-state index contributed by atoms with van der Waals surface area (Å²) in [5, 5.41) is 7.83. The molecular weight excluding hydrogens is 318 g/mol. The highest BCUT2D eigenvalue weighted by Gasteiger charge is 2.29. The van der Waals surface area contributed by atoms with Crippen molar-refractivity contribution >= 4 is 11.7 Å². The van der Waals surface area contributed by atoms with Crippen molar-refractivity contribution in [2.45, 2.75) is 25.8 Å². The van der Waals surface area contributed by atoms with Gasteiger partial charge in [0.1, 0.15) is 5.78 Å². The van der Waals surface area contributed by atoms with E-state index in [1.165, 1.54) is 0 Å². The summed E-state index contributed by atoms with van der Waals surface area (Å²) in [5.74, 6) is -0.0899. The molecule has 0 radical (unpaired) electrons. The average Bonchev–Trinajstić information content (AvgIpc) is 3.11. The van der Waals surface area contributed by atoms with Crippen LogP contribution in [0.5, 0.6) is 0 Å². The molecular formula is C18H23N5O2. The maximum absolute atomic E-state index is 12.6. The lowest BCUT2D eigenvalue weighted by atomic mass is 9.90. The maximum Gasteiger partial charge on any atom is 0.276 e. The van der Waals surface area contributed by atoms with E-state index in [1.54, 1.807) is 15.8 Å². The monoisotopic (exact) mass is 341 g/mol. The minimum atomic E-state index is -0.166. The summed E-state index contributed by atoms with van der Waals surface area (Å²) in [6, 6.07) is 9.72. The maximum atomic E-state index is 12.6. The Bertz CT molecular complexity index is 728. The molecule has 0 bridgehead atoms. The van der Waals surface area contributed by atoms with Gasteiger partial charge in [0.25, 0.3) is 5.91 Å². The van der Waals surface area contributed by atoms with Crippen LogP contribution >= 0.6 is 0 Å².